The van der Waals surface area contributed by atoms with Crippen molar-refractivity contribution >= 4 is 17.3 Å². The monoisotopic (exact) mass is 381 g/mol. The standard InChI is InChI=1S/C22H27N3O3/c1-22(2,13-15-5-8-17(9-6-15)25(3)4)23-12-11-16-7-10-18(26)20-21(16)28-14-19(27)24-20/h5-12,23,26H,13-14H2,1-4H3,(H,24,27). The van der Waals surface area contributed by atoms with Gasteiger partial charge in [-0.25, -0.2) is 0 Å². The van der Waals surface area contributed by atoms with Crippen molar-refractivity contribution in [3.8, 4) is 11.5 Å². The molecule has 0 fully saturated rings. The van der Waals surface area contributed by atoms with Crippen LogP contribution in [0, 0.1) is 13.0 Å². The average Bonchev–Trinajstić information content (AvgIpc) is 2.64. The van der Waals surface area contributed by atoms with Crippen LogP contribution in [0.15, 0.2) is 36.4 Å². The molecule has 0 saturated heterocycles. The minimum absolute atomic E-state index is 0.00494. The summed E-state index contributed by atoms with van der Waals surface area (Å²) in [5, 5.41) is 16.0. The van der Waals surface area contributed by atoms with Gasteiger partial charge >= 0.3 is 0 Å². The number of rotatable bonds is 7. The average molecular weight is 381 g/mol. The van der Waals surface area contributed by atoms with Gasteiger partial charge in [-0.2, -0.15) is 0 Å². The minimum Gasteiger partial charge on any atom is -0.506 e. The van der Waals surface area contributed by atoms with Crippen molar-refractivity contribution in [2.75, 3.05) is 30.9 Å². The lowest BCUT2D eigenvalue weighted by atomic mass is 9.94. The molecule has 3 rings (SSSR count). The van der Waals surface area contributed by atoms with Crippen LogP contribution in [0.5, 0.6) is 11.5 Å². The van der Waals surface area contributed by atoms with E-state index >= 15 is 0 Å². The van der Waals surface area contributed by atoms with Crippen molar-refractivity contribution in [2.45, 2.75) is 25.8 Å². The second-order valence-corrected chi connectivity index (χ2v) is 7.81. The van der Waals surface area contributed by atoms with E-state index in [4.69, 9.17) is 4.74 Å². The smallest absolute Gasteiger partial charge is 0.262 e. The number of aromatic hydroxyl groups is 1. The van der Waals surface area contributed by atoms with E-state index in [9.17, 15) is 9.90 Å². The number of carbonyl (C=O) groups is 1. The molecule has 1 aliphatic heterocycles. The van der Waals surface area contributed by atoms with E-state index in [2.05, 4.69) is 53.6 Å². The number of nitrogens with zero attached hydrogens (tertiary/aromatic N) is 1. The number of fused-ring (bicyclic) bond motifs is 1. The Balaban J connectivity index is 1.59. The zero-order chi connectivity index (χ0) is 20.3. The summed E-state index contributed by atoms with van der Waals surface area (Å²) in [6.45, 7) is 6.10. The van der Waals surface area contributed by atoms with Crippen LogP contribution in [0.3, 0.4) is 0 Å². The fourth-order valence-electron chi connectivity index (χ4n) is 3.14. The van der Waals surface area contributed by atoms with Gasteiger partial charge < -0.3 is 25.4 Å². The zero-order valence-electron chi connectivity index (χ0n) is 16.7. The summed E-state index contributed by atoms with van der Waals surface area (Å²) in [5.41, 5.74) is 3.38. The lowest BCUT2D eigenvalue weighted by Gasteiger charge is -2.27. The van der Waals surface area contributed by atoms with Crippen molar-refractivity contribution in [2.24, 2.45) is 0 Å². The van der Waals surface area contributed by atoms with Crippen molar-refractivity contribution in [1.82, 2.24) is 5.32 Å². The first-order valence-electron chi connectivity index (χ1n) is 9.24. The number of amides is 1. The van der Waals surface area contributed by atoms with E-state index in [-0.39, 0.29) is 23.8 Å². The number of benzene rings is 2. The summed E-state index contributed by atoms with van der Waals surface area (Å²) in [6.07, 6.45) is 2.75. The van der Waals surface area contributed by atoms with Gasteiger partial charge in [-0.3, -0.25) is 4.79 Å². The third-order valence-corrected chi connectivity index (χ3v) is 4.61. The second kappa shape index (κ2) is 8.10. The maximum Gasteiger partial charge on any atom is 0.262 e. The zero-order valence-corrected chi connectivity index (χ0v) is 16.7. The van der Waals surface area contributed by atoms with E-state index in [1.807, 2.05) is 27.1 Å². The summed E-state index contributed by atoms with van der Waals surface area (Å²) in [7, 11) is 4.06. The predicted octanol–water partition coefficient (Wildman–Crippen LogP) is 3.11. The van der Waals surface area contributed by atoms with Gasteiger partial charge in [0.2, 0.25) is 0 Å². The Hall–Kier alpha value is -2.73. The van der Waals surface area contributed by atoms with Crippen LogP contribution in [-0.4, -0.2) is 37.3 Å². The topological polar surface area (TPSA) is 73.8 Å². The molecule has 6 nitrogen and oxygen atoms in total. The predicted molar refractivity (Wildman–Crippen MR) is 112 cm³/mol. The van der Waals surface area contributed by atoms with Gasteiger partial charge in [-0.05, 0) is 44.0 Å². The number of hydrogen-bond acceptors (Lipinski definition) is 5. The number of ether oxygens (including phenoxy) is 1. The molecule has 148 valence electrons. The molecule has 0 unspecified atom stereocenters. The van der Waals surface area contributed by atoms with Crippen LogP contribution in [0.2, 0.25) is 0 Å². The number of phenolic OH excluding ortho intramolecular Hbond substituents is 1. The van der Waals surface area contributed by atoms with Gasteiger partial charge in [0.25, 0.3) is 5.91 Å². The van der Waals surface area contributed by atoms with E-state index in [1.165, 1.54) is 11.3 Å². The maximum absolute atomic E-state index is 11.5. The molecule has 0 aromatic heterocycles. The molecule has 2 aromatic rings. The number of anilines is 2. The van der Waals surface area contributed by atoms with Crippen LogP contribution in [-0.2, 0) is 11.2 Å². The number of nitrogens with one attached hydrogen (secondary N) is 2. The highest BCUT2D eigenvalue weighted by Crippen LogP contribution is 2.39. The summed E-state index contributed by atoms with van der Waals surface area (Å²) in [4.78, 5) is 13.6. The van der Waals surface area contributed by atoms with Crippen LogP contribution >= 0.6 is 0 Å². The first kappa shape index (κ1) is 20.0. The van der Waals surface area contributed by atoms with Gasteiger partial charge in [0.15, 0.2) is 12.4 Å². The normalized spacial score (nSPS) is 13.5. The van der Waals surface area contributed by atoms with Gasteiger partial charge in [0.05, 0.1) is 0 Å². The minimum atomic E-state index is -0.275. The maximum atomic E-state index is 11.5. The van der Waals surface area contributed by atoms with Crippen molar-refractivity contribution < 1.29 is 14.6 Å². The molecule has 0 aliphatic carbocycles. The van der Waals surface area contributed by atoms with E-state index < -0.39 is 0 Å². The van der Waals surface area contributed by atoms with Gasteiger partial charge in [-0.15, -0.1) is 0 Å². The van der Waals surface area contributed by atoms with E-state index in [1.54, 1.807) is 12.1 Å². The van der Waals surface area contributed by atoms with Crippen LogP contribution in [0.4, 0.5) is 11.4 Å². The summed E-state index contributed by atoms with van der Waals surface area (Å²) in [6, 6.07) is 11.8. The highest BCUT2D eigenvalue weighted by Gasteiger charge is 2.23. The third kappa shape index (κ3) is 4.75. The lowest BCUT2D eigenvalue weighted by Crippen LogP contribution is -2.39. The largest absolute Gasteiger partial charge is 0.506 e. The van der Waals surface area contributed by atoms with Gasteiger partial charge in [0.1, 0.15) is 11.4 Å². The Bertz CT molecular complexity index is 845. The van der Waals surface area contributed by atoms with Crippen LogP contribution < -0.4 is 20.3 Å². The highest BCUT2D eigenvalue weighted by molar-refractivity contribution is 5.97. The first-order chi connectivity index (χ1) is 13.2. The Morgan fingerprint density at radius 2 is 1.93 bits per heavy atom. The van der Waals surface area contributed by atoms with Gasteiger partial charge in [-0.1, -0.05) is 18.2 Å². The molecule has 1 heterocycles. The highest BCUT2D eigenvalue weighted by atomic mass is 16.5. The second-order valence-electron chi connectivity index (χ2n) is 7.81. The molecule has 1 amide bonds. The molecular weight excluding hydrogens is 354 g/mol. The molecule has 2 aromatic carbocycles. The van der Waals surface area contributed by atoms with Gasteiger partial charge in [0, 0.05) is 43.9 Å². The molecule has 0 saturated carbocycles. The number of hydrogen-bond donors (Lipinski definition) is 3. The molecular formula is C22H27N3O3. The molecule has 0 spiro atoms. The van der Waals surface area contributed by atoms with E-state index in [0.29, 0.717) is 11.4 Å². The quantitative estimate of drug-likeness (QED) is 0.643. The Morgan fingerprint density at radius 3 is 2.61 bits per heavy atom. The number of carbonyl (C=O) groups excluding carboxylic acids is 1. The summed E-state index contributed by atoms with van der Waals surface area (Å²) >= 11 is 0. The summed E-state index contributed by atoms with van der Waals surface area (Å²) in [5.74, 6) is 0.202. The van der Waals surface area contributed by atoms with Crippen molar-refractivity contribution in [1.29, 1.82) is 0 Å². The lowest BCUT2D eigenvalue weighted by molar-refractivity contribution is -0.118. The molecule has 3 N–H and O–H groups in total. The SMILES string of the molecule is CN(C)c1ccc(CC(C)(C)N[CH][CH]c2ccc(O)c3c2OCC(=O)N3)cc1. The molecule has 1 aliphatic rings. The Kier molecular flexibility index (Phi) is 5.79. The Morgan fingerprint density at radius 1 is 1.21 bits per heavy atom. The molecule has 0 bridgehead atoms. The van der Waals surface area contributed by atoms with Crippen molar-refractivity contribution in [3.63, 3.8) is 0 Å². The van der Waals surface area contributed by atoms with Crippen molar-refractivity contribution in [3.05, 3.63) is 60.5 Å². The first-order valence-corrected chi connectivity index (χ1v) is 9.24. The number of phenols is 1. The fourth-order valence-corrected chi connectivity index (χ4v) is 3.14. The molecule has 6 heteroatoms. The summed E-state index contributed by atoms with van der Waals surface area (Å²) < 4.78 is 5.50. The molecule has 28 heavy (non-hydrogen) atoms. The fraction of sp³-hybridized carbons (Fsp3) is 0.318. The van der Waals surface area contributed by atoms with Crippen LogP contribution in [0.1, 0.15) is 25.0 Å². The third-order valence-electron chi connectivity index (χ3n) is 4.61. The van der Waals surface area contributed by atoms with Crippen LogP contribution in [0.25, 0.3) is 0 Å². The molecule has 2 radical (unpaired) electrons. The Labute approximate surface area is 166 Å². The molecule has 0 atom stereocenters. The van der Waals surface area contributed by atoms with E-state index in [0.717, 1.165) is 12.0 Å².